The molecule has 1 saturated heterocycles. The molecule has 3 aromatic rings. The normalized spacial score (nSPS) is 23.1. The number of nitrogens with two attached hydrogens (primary N) is 1. The Balaban J connectivity index is 0.777. The third kappa shape index (κ3) is 9.27. The molecule has 0 atom stereocenters. The average molecular weight is 719 g/mol. The second kappa shape index (κ2) is 17.0. The van der Waals surface area contributed by atoms with Crippen molar-refractivity contribution in [1.82, 2.24) is 25.2 Å². The highest BCUT2D eigenvalue weighted by molar-refractivity contribution is 5.77. The molecule has 5 fully saturated rings. The van der Waals surface area contributed by atoms with E-state index < -0.39 is 0 Å². The SMILES string of the molecule is N#Cc1cc(-c2cnc(N)c(OCc3ccncc3)n2)ccc1N1CCN(C(=O)CCCCCCCCC(=O)NCC23CC4CC(CC(C4)C2)C3)CC1. The van der Waals surface area contributed by atoms with E-state index in [1.807, 2.05) is 35.2 Å². The molecule has 280 valence electrons. The summed E-state index contributed by atoms with van der Waals surface area (Å²) in [5.41, 5.74) is 10.1. The minimum Gasteiger partial charge on any atom is -0.470 e. The topological polar surface area (TPSA) is 150 Å². The fourth-order valence-electron chi connectivity index (χ4n) is 9.82. The fourth-order valence-corrected chi connectivity index (χ4v) is 9.82. The van der Waals surface area contributed by atoms with E-state index in [0.717, 1.165) is 79.6 Å². The Kier molecular flexibility index (Phi) is 11.7. The number of rotatable bonds is 16. The molecule has 1 aromatic carbocycles. The van der Waals surface area contributed by atoms with Crippen LogP contribution in [0, 0.1) is 34.5 Å². The van der Waals surface area contributed by atoms with Gasteiger partial charge in [-0.05, 0) is 104 Å². The van der Waals surface area contributed by atoms with Crippen LogP contribution in [0.1, 0.15) is 101 Å². The molecule has 4 saturated carbocycles. The lowest BCUT2D eigenvalue weighted by atomic mass is 9.49. The standard InChI is InChI=1S/C42H54N8O3/c43-26-35-22-34(36-27-46-40(44)41(48-36)53-28-30-11-13-45-14-12-30)9-10-37(35)49-15-17-50(18-16-49)39(52)8-6-4-2-1-3-5-7-38(51)47-29-42-23-31-19-32(24-42)21-33(20-31)25-42/h9-14,22,27,31-33H,1-8,15-21,23-25,28-29H2,(H2,44,46)(H,47,51). The number of piperazine rings is 1. The minimum absolute atomic E-state index is 0.196. The molecular weight excluding hydrogens is 665 g/mol. The summed E-state index contributed by atoms with van der Waals surface area (Å²) in [4.78, 5) is 42.6. The Labute approximate surface area is 313 Å². The Morgan fingerprint density at radius 3 is 2.25 bits per heavy atom. The van der Waals surface area contributed by atoms with Crippen molar-refractivity contribution in [1.29, 1.82) is 5.26 Å². The maximum atomic E-state index is 13.0. The molecule has 1 aliphatic heterocycles. The highest BCUT2D eigenvalue weighted by Crippen LogP contribution is 2.59. The predicted molar refractivity (Wildman–Crippen MR) is 205 cm³/mol. The van der Waals surface area contributed by atoms with Crippen LogP contribution in [0.2, 0.25) is 0 Å². The maximum absolute atomic E-state index is 13.0. The summed E-state index contributed by atoms with van der Waals surface area (Å²) in [5.74, 6) is 3.64. The van der Waals surface area contributed by atoms with Crippen molar-refractivity contribution in [2.45, 2.75) is 96.5 Å². The third-order valence-electron chi connectivity index (χ3n) is 12.1. The highest BCUT2D eigenvalue weighted by atomic mass is 16.5. The highest BCUT2D eigenvalue weighted by Gasteiger charge is 2.50. The number of hydrogen-bond acceptors (Lipinski definition) is 9. The Hall–Kier alpha value is -4.72. The van der Waals surface area contributed by atoms with Gasteiger partial charge in [-0.2, -0.15) is 5.26 Å². The molecule has 2 aromatic heterocycles. The van der Waals surface area contributed by atoms with Crippen LogP contribution >= 0.6 is 0 Å². The van der Waals surface area contributed by atoms with Gasteiger partial charge in [-0.25, -0.2) is 9.97 Å². The molecule has 4 aliphatic carbocycles. The lowest BCUT2D eigenvalue weighted by molar-refractivity contribution is -0.131. The number of hydrogen-bond donors (Lipinski definition) is 2. The van der Waals surface area contributed by atoms with Gasteiger partial charge in [0.05, 0.1) is 23.1 Å². The van der Waals surface area contributed by atoms with E-state index >= 15 is 0 Å². The first-order chi connectivity index (χ1) is 25.9. The fraction of sp³-hybridized carbons (Fsp3) is 0.571. The summed E-state index contributed by atoms with van der Waals surface area (Å²) in [7, 11) is 0. The van der Waals surface area contributed by atoms with Crippen molar-refractivity contribution in [2.75, 3.05) is 43.4 Å². The molecule has 8 rings (SSSR count). The Bertz CT molecular complexity index is 1730. The number of aromatic nitrogens is 3. The molecule has 0 unspecified atom stereocenters. The first kappa shape index (κ1) is 36.6. The molecule has 2 amide bonds. The first-order valence-electron chi connectivity index (χ1n) is 19.8. The van der Waals surface area contributed by atoms with Crippen molar-refractivity contribution in [3.8, 4) is 23.2 Å². The second-order valence-corrected chi connectivity index (χ2v) is 16.1. The van der Waals surface area contributed by atoms with Crippen LogP contribution in [0.25, 0.3) is 11.3 Å². The number of ether oxygens (including phenoxy) is 1. The molecule has 0 radical (unpaired) electrons. The summed E-state index contributed by atoms with van der Waals surface area (Å²) in [5, 5.41) is 13.4. The molecule has 0 spiro atoms. The van der Waals surface area contributed by atoms with Gasteiger partial charge in [0, 0.05) is 63.5 Å². The van der Waals surface area contributed by atoms with Gasteiger partial charge in [-0.3, -0.25) is 14.6 Å². The number of nitrogen functional groups attached to an aromatic ring is 1. The monoisotopic (exact) mass is 718 g/mol. The van der Waals surface area contributed by atoms with E-state index in [-0.39, 0.29) is 30.1 Å². The number of nitrogens with zero attached hydrogens (tertiary/aromatic N) is 6. The van der Waals surface area contributed by atoms with Gasteiger partial charge in [-0.15, -0.1) is 0 Å². The van der Waals surface area contributed by atoms with E-state index in [9.17, 15) is 14.9 Å². The van der Waals surface area contributed by atoms with Gasteiger partial charge in [0.25, 0.3) is 5.88 Å². The molecule has 11 heteroatoms. The predicted octanol–water partition coefficient (Wildman–Crippen LogP) is 6.67. The van der Waals surface area contributed by atoms with Gasteiger partial charge >= 0.3 is 0 Å². The van der Waals surface area contributed by atoms with Crippen LogP contribution < -0.4 is 20.7 Å². The average Bonchev–Trinajstić information content (AvgIpc) is 3.17. The van der Waals surface area contributed by atoms with Crippen molar-refractivity contribution >= 4 is 23.3 Å². The van der Waals surface area contributed by atoms with E-state index in [1.165, 1.54) is 38.5 Å². The van der Waals surface area contributed by atoms with Gasteiger partial charge < -0.3 is 25.6 Å². The Morgan fingerprint density at radius 2 is 1.57 bits per heavy atom. The zero-order valence-corrected chi connectivity index (χ0v) is 31.0. The molecule has 5 aliphatic rings. The number of carbonyl (C=O) groups excluding carboxylic acids is 2. The van der Waals surface area contributed by atoms with Gasteiger partial charge in [-0.1, -0.05) is 31.7 Å². The number of amides is 2. The summed E-state index contributed by atoms with van der Waals surface area (Å²) >= 11 is 0. The van der Waals surface area contributed by atoms with Crippen molar-refractivity contribution < 1.29 is 14.3 Å². The lowest BCUT2D eigenvalue weighted by Crippen LogP contribution is -2.51. The van der Waals surface area contributed by atoms with Gasteiger partial charge in [0.2, 0.25) is 11.8 Å². The van der Waals surface area contributed by atoms with E-state index in [1.54, 1.807) is 18.6 Å². The van der Waals surface area contributed by atoms with Crippen LogP contribution in [0.3, 0.4) is 0 Å². The molecule has 3 heterocycles. The largest absolute Gasteiger partial charge is 0.470 e. The number of nitrogens with one attached hydrogen (secondary N) is 1. The van der Waals surface area contributed by atoms with Crippen LogP contribution in [-0.2, 0) is 16.2 Å². The molecular formula is C42H54N8O3. The zero-order valence-electron chi connectivity index (χ0n) is 31.0. The second-order valence-electron chi connectivity index (χ2n) is 16.1. The number of pyridine rings is 1. The van der Waals surface area contributed by atoms with Crippen molar-refractivity contribution in [3.05, 3.63) is 60.0 Å². The van der Waals surface area contributed by atoms with E-state index in [0.29, 0.717) is 55.7 Å². The number of carbonyl (C=O) groups is 2. The van der Waals surface area contributed by atoms with Crippen LogP contribution in [0.5, 0.6) is 5.88 Å². The maximum Gasteiger partial charge on any atom is 0.258 e. The van der Waals surface area contributed by atoms with Crippen LogP contribution in [0.15, 0.2) is 48.9 Å². The first-order valence-corrected chi connectivity index (χ1v) is 19.8. The molecule has 11 nitrogen and oxygen atoms in total. The molecule has 4 bridgehead atoms. The lowest BCUT2D eigenvalue weighted by Gasteiger charge is -2.56. The van der Waals surface area contributed by atoms with Gasteiger partial charge in [0.1, 0.15) is 12.7 Å². The van der Waals surface area contributed by atoms with E-state index in [4.69, 9.17) is 10.5 Å². The summed E-state index contributed by atoms with van der Waals surface area (Å²) < 4.78 is 5.84. The number of benzene rings is 1. The number of unbranched alkanes of at least 4 members (excludes halogenated alkanes) is 5. The summed E-state index contributed by atoms with van der Waals surface area (Å²) in [6, 6.07) is 11.7. The van der Waals surface area contributed by atoms with Crippen LogP contribution in [-0.4, -0.2) is 64.4 Å². The number of nitriles is 1. The molecule has 3 N–H and O–H groups in total. The smallest absolute Gasteiger partial charge is 0.258 e. The third-order valence-corrected chi connectivity index (χ3v) is 12.1. The summed E-state index contributed by atoms with van der Waals surface area (Å²) in [6.07, 6.45) is 20.7. The zero-order chi connectivity index (χ0) is 36.6. The van der Waals surface area contributed by atoms with Crippen LogP contribution in [0.4, 0.5) is 11.5 Å². The van der Waals surface area contributed by atoms with Crippen molar-refractivity contribution in [3.63, 3.8) is 0 Å². The van der Waals surface area contributed by atoms with E-state index in [2.05, 4.69) is 31.2 Å². The molecule has 53 heavy (non-hydrogen) atoms. The quantitative estimate of drug-likeness (QED) is 0.155. The minimum atomic E-state index is 0.196. The van der Waals surface area contributed by atoms with Gasteiger partial charge in [0.15, 0.2) is 5.82 Å². The van der Waals surface area contributed by atoms with Crippen molar-refractivity contribution in [2.24, 2.45) is 23.2 Å². The number of anilines is 2. The Morgan fingerprint density at radius 1 is 0.906 bits per heavy atom. The summed E-state index contributed by atoms with van der Waals surface area (Å²) in [6.45, 7) is 3.80.